The molecule has 6 nitrogen and oxygen atoms in total. The van der Waals surface area contributed by atoms with Crippen LogP contribution in [-0.2, 0) is 13.2 Å². The highest BCUT2D eigenvalue weighted by Gasteiger charge is 2.11. The molecule has 0 aliphatic rings. The minimum Gasteiger partial charge on any atom is -0.493 e. The van der Waals surface area contributed by atoms with Gasteiger partial charge in [0.1, 0.15) is 19.0 Å². The molecule has 0 saturated carbocycles. The van der Waals surface area contributed by atoms with Gasteiger partial charge >= 0.3 is 0 Å². The fourth-order valence-electron chi connectivity index (χ4n) is 3.37. The summed E-state index contributed by atoms with van der Waals surface area (Å²) in [6.07, 6.45) is 1.55. The maximum atomic E-state index is 12.6. The number of benzene rings is 4. The minimum atomic E-state index is -0.368. The lowest BCUT2D eigenvalue weighted by Crippen LogP contribution is -2.17. The van der Waals surface area contributed by atoms with Gasteiger partial charge in [-0.3, -0.25) is 4.79 Å². The SMILES string of the molecule is COc1cc(C(=O)N/N=C/c2cccc(OCc3cccc(Cl)c3)c2)ccc1OCc1ccccc1. The number of hydrogen-bond donors (Lipinski definition) is 1. The van der Waals surface area contributed by atoms with Crippen molar-refractivity contribution in [3.63, 3.8) is 0 Å². The predicted molar refractivity (Wildman–Crippen MR) is 141 cm³/mol. The van der Waals surface area contributed by atoms with E-state index < -0.39 is 0 Å². The normalized spacial score (nSPS) is 10.7. The largest absolute Gasteiger partial charge is 0.493 e. The van der Waals surface area contributed by atoms with Gasteiger partial charge < -0.3 is 14.2 Å². The zero-order valence-corrected chi connectivity index (χ0v) is 20.4. The molecule has 1 N–H and O–H groups in total. The van der Waals surface area contributed by atoms with Crippen LogP contribution in [0, 0.1) is 0 Å². The Morgan fingerprint density at radius 1 is 0.833 bits per heavy atom. The van der Waals surface area contributed by atoms with E-state index in [1.54, 1.807) is 24.4 Å². The van der Waals surface area contributed by atoms with Crippen LogP contribution in [0.5, 0.6) is 17.2 Å². The molecule has 0 fully saturated rings. The number of nitrogens with one attached hydrogen (secondary N) is 1. The van der Waals surface area contributed by atoms with E-state index in [-0.39, 0.29) is 5.91 Å². The molecular formula is C29H25ClN2O4. The van der Waals surface area contributed by atoms with E-state index in [1.807, 2.05) is 78.9 Å². The van der Waals surface area contributed by atoms with Gasteiger partial charge in [-0.2, -0.15) is 5.10 Å². The zero-order valence-electron chi connectivity index (χ0n) is 19.7. The smallest absolute Gasteiger partial charge is 0.271 e. The number of hydrogen-bond acceptors (Lipinski definition) is 5. The summed E-state index contributed by atoms with van der Waals surface area (Å²) in [6, 6.07) is 29.7. The van der Waals surface area contributed by atoms with Gasteiger partial charge in [0, 0.05) is 10.6 Å². The number of carbonyl (C=O) groups is 1. The van der Waals surface area contributed by atoms with E-state index in [2.05, 4.69) is 10.5 Å². The molecule has 0 bridgehead atoms. The first-order valence-corrected chi connectivity index (χ1v) is 11.6. The molecule has 36 heavy (non-hydrogen) atoms. The average molecular weight is 501 g/mol. The molecule has 0 aliphatic heterocycles. The van der Waals surface area contributed by atoms with Crippen LogP contribution >= 0.6 is 11.6 Å². The monoisotopic (exact) mass is 500 g/mol. The summed E-state index contributed by atoms with van der Waals surface area (Å²) in [6.45, 7) is 0.791. The molecular weight excluding hydrogens is 476 g/mol. The van der Waals surface area contributed by atoms with E-state index >= 15 is 0 Å². The van der Waals surface area contributed by atoms with Gasteiger partial charge in [-0.25, -0.2) is 5.43 Å². The highest BCUT2D eigenvalue weighted by Crippen LogP contribution is 2.29. The van der Waals surface area contributed by atoms with Crippen molar-refractivity contribution in [2.45, 2.75) is 13.2 Å². The number of hydrazone groups is 1. The van der Waals surface area contributed by atoms with Crippen molar-refractivity contribution in [1.29, 1.82) is 0 Å². The van der Waals surface area contributed by atoms with Gasteiger partial charge in [-0.1, -0.05) is 66.2 Å². The first-order chi connectivity index (χ1) is 17.6. The summed E-state index contributed by atoms with van der Waals surface area (Å²) in [7, 11) is 1.53. The maximum absolute atomic E-state index is 12.6. The molecule has 182 valence electrons. The molecule has 4 aromatic rings. The first kappa shape index (κ1) is 24.8. The summed E-state index contributed by atoms with van der Waals surface area (Å²) in [4.78, 5) is 12.6. The fourth-order valence-corrected chi connectivity index (χ4v) is 3.58. The van der Waals surface area contributed by atoms with Crippen LogP contribution in [0.2, 0.25) is 5.02 Å². The quantitative estimate of drug-likeness (QED) is 0.206. The lowest BCUT2D eigenvalue weighted by atomic mass is 10.2. The van der Waals surface area contributed by atoms with Gasteiger partial charge in [0.05, 0.1) is 13.3 Å². The highest BCUT2D eigenvalue weighted by molar-refractivity contribution is 6.30. The Labute approximate surface area is 215 Å². The van der Waals surface area contributed by atoms with Crippen LogP contribution < -0.4 is 19.6 Å². The van der Waals surface area contributed by atoms with Crippen molar-refractivity contribution in [2.24, 2.45) is 5.10 Å². The third kappa shape index (κ3) is 7.10. The lowest BCUT2D eigenvalue weighted by Gasteiger charge is -2.12. The summed E-state index contributed by atoms with van der Waals surface area (Å²) >= 11 is 6.02. The van der Waals surface area contributed by atoms with Crippen molar-refractivity contribution in [1.82, 2.24) is 5.43 Å². The third-order valence-corrected chi connectivity index (χ3v) is 5.43. The summed E-state index contributed by atoms with van der Waals surface area (Å²) in [5.74, 6) is 1.33. The second kappa shape index (κ2) is 12.4. The van der Waals surface area contributed by atoms with Gasteiger partial charge in [0.2, 0.25) is 0 Å². The van der Waals surface area contributed by atoms with Crippen molar-refractivity contribution < 1.29 is 19.0 Å². The highest BCUT2D eigenvalue weighted by atomic mass is 35.5. The number of ether oxygens (including phenoxy) is 3. The lowest BCUT2D eigenvalue weighted by molar-refractivity contribution is 0.0954. The molecule has 4 rings (SSSR count). The van der Waals surface area contributed by atoms with Crippen LogP contribution in [0.15, 0.2) is 102 Å². The van der Waals surface area contributed by atoms with Crippen LogP contribution in [0.25, 0.3) is 0 Å². The van der Waals surface area contributed by atoms with Crippen molar-refractivity contribution >= 4 is 23.7 Å². The summed E-state index contributed by atoms with van der Waals surface area (Å²) in [5, 5.41) is 4.74. The Hall–Kier alpha value is -4.29. The Balaban J connectivity index is 1.33. The standard InChI is InChI=1S/C29H25ClN2O4/c1-34-28-17-24(13-14-27(28)36-19-21-7-3-2-4-8-21)29(33)32-31-18-22-9-6-12-26(16-22)35-20-23-10-5-11-25(30)15-23/h2-18H,19-20H2,1H3,(H,32,33)/b31-18+. The molecule has 0 spiro atoms. The molecule has 0 saturated heterocycles. The number of amides is 1. The Kier molecular flexibility index (Phi) is 8.57. The van der Waals surface area contributed by atoms with E-state index in [1.165, 1.54) is 7.11 Å². The molecule has 0 aliphatic carbocycles. The molecule has 4 aromatic carbocycles. The fraction of sp³-hybridized carbons (Fsp3) is 0.103. The van der Waals surface area contributed by atoms with Crippen molar-refractivity contribution in [2.75, 3.05) is 7.11 Å². The molecule has 1 amide bonds. The van der Waals surface area contributed by atoms with Crippen LogP contribution in [0.4, 0.5) is 0 Å². The zero-order chi connectivity index (χ0) is 25.2. The number of rotatable bonds is 10. The third-order valence-electron chi connectivity index (χ3n) is 5.20. The van der Waals surface area contributed by atoms with Gasteiger partial charge in [0.25, 0.3) is 5.91 Å². The van der Waals surface area contributed by atoms with Crippen LogP contribution in [0.3, 0.4) is 0 Å². The van der Waals surface area contributed by atoms with Crippen LogP contribution in [0.1, 0.15) is 27.0 Å². The van der Waals surface area contributed by atoms with E-state index in [9.17, 15) is 4.79 Å². The predicted octanol–water partition coefficient (Wildman–Crippen LogP) is 6.27. The van der Waals surface area contributed by atoms with E-state index in [0.29, 0.717) is 41.0 Å². The van der Waals surface area contributed by atoms with Crippen LogP contribution in [-0.4, -0.2) is 19.2 Å². The van der Waals surface area contributed by atoms with Gasteiger partial charge in [0.15, 0.2) is 11.5 Å². The average Bonchev–Trinajstić information content (AvgIpc) is 2.91. The number of methoxy groups -OCH3 is 1. The second-order valence-electron chi connectivity index (χ2n) is 7.83. The molecule has 0 radical (unpaired) electrons. The van der Waals surface area contributed by atoms with Gasteiger partial charge in [-0.05, 0) is 59.2 Å². The maximum Gasteiger partial charge on any atom is 0.271 e. The molecule has 0 aromatic heterocycles. The number of nitrogens with zero attached hydrogens (tertiary/aromatic N) is 1. The molecule has 0 unspecified atom stereocenters. The first-order valence-electron chi connectivity index (χ1n) is 11.3. The Bertz CT molecular complexity index is 1340. The Morgan fingerprint density at radius 3 is 2.42 bits per heavy atom. The van der Waals surface area contributed by atoms with Crippen molar-refractivity contribution in [3.05, 3.63) is 124 Å². The summed E-state index contributed by atoms with van der Waals surface area (Å²) < 4.78 is 17.1. The van der Waals surface area contributed by atoms with Gasteiger partial charge in [-0.15, -0.1) is 0 Å². The summed E-state index contributed by atoms with van der Waals surface area (Å²) in [5.41, 5.74) is 5.72. The Morgan fingerprint density at radius 2 is 1.61 bits per heavy atom. The van der Waals surface area contributed by atoms with Crippen molar-refractivity contribution in [3.8, 4) is 17.2 Å². The topological polar surface area (TPSA) is 69.2 Å². The number of halogens is 1. The molecule has 7 heteroatoms. The molecule has 0 atom stereocenters. The molecule has 0 heterocycles. The second-order valence-corrected chi connectivity index (χ2v) is 8.27. The minimum absolute atomic E-state index is 0.368. The van der Waals surface area contributed by atoms with E-state index in [4.69, 9.17) is 25.8 Å². The van der Waals surface area contributed by atoms with E-state index in [0.717, 1.165) is 16.7 Å². The number of carbonyl (C=O) groups excluding carboxylic acids is 1.